The predicted octanol–water partition coefficient (Wildman–Crippen LogP) is 4.57. The number of anilines is 2. The fraction of sp³-hybridized carbons (Fsp3) is 0.414. The summed E-state index contributed by atoms with van der Waals surface area (Å²) in [7, 11) is 3.29. The van der Waals surface area contributed by atoms with Gasteiger partial charge in [-0.25, -0.2) is 14.4 Å². The van der Waals surface area contributed by atoms with Gasteiger partial charge in [0.25, 0.3) is 0 Å². The summed E-state index contributed by atoms with van der Waals surface area (Å²) in [5, 5.41) is 11.7. The Hall–Kier alpha value is -3.90. The Labute approximate surface area is 240 Å². The van der Waals surface area contributed by atoms with Crippen LogP contribution in [0.15, 0.2) is 35.8 Å². The van der Waals surface area contributed by atoms with Crippen molar-refractivity contribution in [2.45, 2.75) is 32.1 Å². The molecule has 4 heterocycles. The SMILES string of the molecule is CN(C(=O)[C@@H](CC(=O)O)CC1CCOCC1)c1nc(-c2cc(OCF)ccc2-c2cnc3c(c2)CC(=O)N3C)cs1. The predicted molar refractivity (Wildman–Crippen MR) is 152 cm³/mol. The van der Waals surface area contributed by atoms with Gasteiger partial charge < -0.3 is 14.6 Å². The molecule has 3 aromatic rings. The van der Waals surface area contributed by atoms with E-state index < -0.39 is 18.7 Å². The third-order valence-corrected chi connectivity index (χ3v) is 8.53. The van der Waals surface area contributed by atoms with Crippen molar-refractivity contribution < 1.29 is 33.4 Å². The molecule has 0 radical (unpaired) electrons. The smallest absolute Gasteiger partial charge is 0.304 e. The number of aromatic nitrogens is 2. The molecule has 0 spiro atoms. The molecule has 12 heteroatoms. The monoisotopic (exact) mass is 582 g/mol. The number of rotatable bonds is 10. The lowest BCUT2D eigenvalue weighted by molar-refractivity contribution is -0.141. The number of carbonyl (C=O) groups is 3. The van der Waals surface area contributed by atoms with Crippen molar-refractivity contribution in [2.75, 3.05) is 44.0 Å². The molecule has 5 rings (SSSR count). The van der Waals surface area contributed by atoms with Gasteiger partial charge >= 0.3 is 5.97 Å². The molecule has 2 aromatic heterocycles. The van der Waals surface area contributed by atoms with Crippen LogP contribution in [-0.2, 0) is 25.5 Å². The number of thiazole rings is 1. The lowest BCUT2D eigenvalue weighted by atomic mass is 9.86. The number of fused-ring (bicyclic) bond motifs is 1. The zero-order valence-electron chi connectivity index (χ0n) is 22.8. The average Bonchev–Trinajstić information content (AvgIpc) is 3.57. The first-order chi connectivity index (χ1) is 19.7. The maximum atomic E-state index is 13.5. The van der Waals surface area contributed by atoms with Crippen LogP contribution in [0, 0.1) is 11.8 Å². The van der Waals surface area contributed by atoms with E-state index in [1.54, 1.807) is 43.9 Å². The van der Waals surface area contributed by atoms with Crippen LogP contribution < -0.4 is 14.5 Å². The van der Waals surface area contributed by atoms with Gasteiger partial charge in [-0.1, -0.05) is 0 Å². The van der Waals surface area contributed by atoms with Crippen molar-refractivity contribution in [1.29, 1.82) is 0 Å². The number of amides is 2. The molecular weight excluding hydrogens is 551 g/mol. The molecule has 0 saturated carbocycles. The molecule has 1 aromatic carbocycles. The molecule has 1 N–H and O–H groups in total. The number of hydrogen-bond acceptors (Lipinski definition) is 8. The van der Waals surface area contributed by atoms with Gasteiger partial charge in [0.2, 0.25) is 18.7 Å². The van der Waals surface area contributed by atoms with Gasteiger partial charge in [0.05, 0.1) is 18.5 Å². The van der Waals surface area contributed by atoms with Crippen molar-refractivity contribution in [1.82, 2.24) is 9.97 Å². The van der Waals surface area contributed by atoms with E-state index in [0.29, 0.717) is 47.6 Å². The maximum absolute atomic E-state index is 13.5. The van der Waals surface area contributed by atoms with Gasteiger partial charge in [-0.15, -0.1) is 11.3 Å². The van der Waals surface area contributed by atoms with Gasteiger partial charge in [0.1, 0.15) is 11.6 Å². The first kappa shape index (κ1) is 28.6. The highest BCUT2D eigenvalue weighted by Crippen LogP contribution is 2.39. The molecule has 0 unspecified atom stereocenters. The quantitative estimate of drug-likeness (QED) is 0.369. The Morgan fingerprint density at radius 2 is 2.05 bits per heavy atom. The number of carboxylic acids is 1. The molecular formula is C29H31FN4O6S. The maximum Gasteiger partial charge on any atom is 0.304 e. The first-order valence-corrected chi connectivity index (χ1v) is 14.2. The summed E-state index contributed by atoms with van der Waals surface area (Å²) in [5.74, 6) is -0.874. The highest BCUT2D eigenvalue weighted by Gasteiger charge is 2.31. The molecule has 2 aliphatic heterocycles. The molecule has 2 amide bonds. The molecule has 0 aliphatic carbocycles. The first-order valence-electron chi connectivity index (χ1n) is 13.4. The Kier molecular flexibility index (Phi) is 8.60. The van der Waals surface area contributed by atoms with E-state index in [9.17, 15) is 23.9 Å². The Bertz CT molecular complexity index is 1460. The summed E-state index contributed by atoms with van der Waals surface area (Å²) < 4.78 is 23.5. The second-order valence-corrected chi connectivity index (χ2v) is 11.1. The number of aliphatic carboxylic acids is 1. The van der Waals surface area contributed by atoms with Crippen LogP contribution in [-0.4, -0.2) is 67.0 Å². The summed E-state index contributed by atoms with van der Waals surface area (Å²) >= 11 is 1.25. The minimum absolute atomic E-state index is 0.0357. The molecule has 1 atom stereocenters. The van der Waals surface area contributed by atoms with E-state index in [1.165, 1.54) is 21.1 Å². The highest BCUT2D eigenvalue weighted by molar-refractivity contribution is 7.14. The summed E-state index contributed by atoms with van der Waals surface area (Å²) in [6, 6.07) is 7.03. The number of hydrogen-bond donors (Lipinski definition) is 1. The van der Waals surface area contributed by atoms with Crippen molar-refractivity contribution in [3.05, 3.63) is 41.4 Å². The third-order valence-electron chi connectivity index (χ3n) is 7.61. The van der Waals surface area contributed by atoms with Gasteiger partial charge in [-0.2, -0.15) is 0 Å². The number of halogens is 1. The normalized spacial score (nSPS) is 16.0. The molecule has 41 heavy (non-hydrogen) atoms. The number of benzene rings is 1. The second-order valence-electron chi connectivity index (χ2n) is 10.3. The number of alkyl halides is 1. The summed E-state index contributed by atoms with van der Waals surface area (Å²) in [4.78, 5) is 49.4. The Balaban J connectivity index is 1.44. The fourth-order valence-corrected chi connectivity index (χ4v) is 6.19. The Morgan fingerprint density at radius 3 is 2.78 bits per heavy atom. The minimum Gasteiger partial charge on any atom is -0.481 e. The lowest BCUT2D eigenvalue weighted by Gasteiger charge is -2.27. The molecule has 1 saturated heterocycles. The van der Waals surface area contributed by atoms with Crippen molar-refractivity contribution in [3.8, 4) is 28.1 Å². The largest absolute Gasteiger partial charge is 0.481 e. The molecule has 10 nitrogen and oxygen atoms in total. The number of likely N-dealkylation sites (N-methyl/N-ethyl adjacent to an activating group) is 1. The van der Waals surface area contributed by atoms with Gasteiger partial charge in [0, 0.05) is 61.5 Å². The minimum atomic E-state index is -1.02. The zero-order chi connectivity index (χ0) is 29.1. The van der Waals surface area contributed by atoms with E-state index in [0.717, 1.165) is 29.5 Å². The van der Waals surface area contributed by atoms with E-state index in [2.05, 4.69) is 4.98 Å². The van der Waals surface area contributed by atoms with Crippen LogP contribution >= 0.6 is 11.3 Å². The lowest BCUT2D eigenvalue weighted by Crippen LogP contribution is -2.35. The van der Waals surface area contributed by atoms with Crippen LogP contribution in [0.4, 0.5) is 15.3 Å². The van der Waals surface area contributed by atoms with Crippen molar-refractivity contribution in [2.24, 2.45) is 11.8 Å². The van der Waals surface area contributed by atoms with Crippen LogP contribution in [0.25, 0.3) is 22.4 Å². The van der Waals surface area contributed by atoms with Gasteiger partial charge in [0.15, 0.2) is 5.13 Å². The molecule has 1 fully saturated rings. The van der Waals surface area contributed by atoms with Crippen LogP contribution in [0.2, 0.25) is 0 Å². The molecule has 2 aliphatic rings. The Morgan fingerprint density at radius 1 is 1.27 bits per heavy atom. The standard InChI is InChI=1S/C29H31FN4O6S/c1-33-25(35)11-18-10-20(14-31-27(18)33)22-4-3-21(40-16-30)13-23(22)24-15-41-29(32-24)34(2)28(38)19(12-26(36)37)9-17-5-7-39-8-6-17/h3-4,10,13-15,17,19H,5-9,11-12,16H2,1-2H3,(H,36,37)/t19-/m1/s1. The highest BCUT2D eigenvalue weighted by atomic mass is 32.1. The number of nitrogens with zero attached hydrogens (tertiary/aromatic N) is 4. The van der Waals surface area contributed by atoms with E-state index in [-0.39, 0.29) is 30.6 Å². The van der Waals surface area contributed by atoms with Gasteiger partial charge in [-0.3, -0.25) is 24.2 Å². The second kappa shape index (κ2) is 12.3. The molecule has 216 valence electrons. The van der Waals surface area contributed by atoms with E-state index >= 15 is 0 Å². The third kappa shape index (κ3) is 6.23. The molecule has 0 bridgehead atoms. The van der Waals surface area contributed by atoms with Crippen molar-refractivity contribution in [3.63, 3.8) is 0 Å². The number of carbonyl (C=O) groups excluding carboxylic acids is 2. The van der Waals surface area contributed by atoms with Crippen LogP contribution in [0.3, 0.4) is 0 Å². The van der Waals surface area contributed by atoms with Crippen LogP contribution in [0.1, 0.15) is 31.2 Å². The van der Waals surface area contributed by atoms with Gasteiger partial charge in [-0.05, 0) is 55.0 Å². The summed E-state index contributed by atoms with van der Waals surface area (Å²) in [6.07, 6.45) is 3.76. The number of carboxylic acid groups (broad SMARTS) is 1. The average molecular weight is 583 g/mol. The van der Waals surface area contributed by atoms with E-state index in [1.807, 2.05) is 6.07 Å². The zero-order valence-corrected chi connectivity index (χ0v) is 23.7. The van der Waals surface area contributed by atoms with E-state index in [4.69, 9.17) is 14.5 Å². The summed E-state index contributed by atoms with van der Waals surface area (Å²) in [5.41, 5.74) is 3.50. The number of pyridine rings is 1. The van der Waals surface area contributed by atoms with Crippen molar-refractivity contribution >= 4 is 40.1 Å². The van der Waals surface area contributed by atoms with Crippen LogP contribution in [0.5, 0.6) is 5.75 Å². The fourth-order valence-electron chi connectivity index (χ4n) is 5.40. The topological polar surface area (TPSA) is 122 Å². The number of ether oxygens (including phenoxy) is 2. The summed E-state index contributed by atoms with van der Waals surface area (Å²) in [6.45, 7) is 0.237.